The van der Waals surface area contributed by atoms with E-state index in [0.29, 0.717) is 17.3 Å². The predicted octanol–water partition coefficient (Wildman–Crippen LogP) is 4.28. The minimum atomic E-state index is -0.643. The van der Waals surface area contributed by atoms with Gasteiger partial charge in [-0.15, -0.1) is 5.10 Å². The van der Waals surface area contributed by atoms with Crippen LogP contribution in [-0.4, -0.2) is 27.6 Å². The number of nitrogens with zero attached hydrogens (tertiary/aromatic N) is 3. The summed E-state index contributed by atoms with van der Waals surface area (Å²) in [6, 6.07) is 9.87. The highest BCUT2D eigenvalue weighted by Gasteiger charge is 2.17. The van der Waals surface area contributed by atoms with Gasteiger partial charge in [0, 0.05) is 21.8 Å². The SMILES string of the molecule is COc1ccc(Cl)c(CC(=O)Nc2ccc(-c3nn4c(C)ncc4o3)cc2)c1F. The van der Waals surface area contributed by atoms with Crippen LogP contribution in [0.3, 0.4) is 0 Å². The van der Waals surface area contributed by atoms with Crippen LogP contribution < -0.4 is 10.1 Å². The molecule has 2 aromatic carbocycles. The Bertz CT molecular complexity index is 1200. The van der Waals surface area contributed by atoms with Gasteiger partial charge in [0.2, 0.25) is 17.5 Å². The Hall–Kier alpha value is -3.39. The first-order chi connectivity index (χ1) is 14.0. The van der Waals surface area contributed by atoms with E-state index < -0.39 is 11.7 Å². The molecule has 4 rings (SSSR count). The zero-order valence-electron chi connectivity index (χ0n) is 15.6. The molecule has 1 amide bonds. The number of anilines is 1. The highest BCUT2D eigenvalue weighted by molar-refractivity contribution is 6.31. The van der Waals surface area contributed by atoms with E-state index in [4.69, 9.17) is 20.8 Å². The zero-order valence-corrected chi connectivity index (χ0v) is 16.3. The molecule has 2 aromatic heterocycles. The van der Waals surface area contributed by atoms with Crippen LogP contribution in [0.5, 0.6) is 5.75 Å². The van der Waals surface area contributed by atoms with Gasteiger partial charge in [0.05, 0.1) is 19.7 Å². The van der Waals surface area contributed by atoms with Gasteiger partial charge in [-0.1, -0.05) is 11.6 Å². The highest BCUT2D eigenvalue weighted by Crippen LogP contribution is 2.28. The molecule has 0 aliphatic carbocycles. The van der Waals surface area contributed by atoms with Crippen molar-refractivity contribution in [1.29, 1.82) is 0 Å². The van der Waals surface area contributed by atoms with Gasteiger partial charge < -0.3 is 14.5 Å². The van der Waals surface area contributed by atoms with Crippen molar-refractivity contribution in [3.8, 4) is 17.2 Å². The summed E-state index contributed by atoms with van der Waals surface area (Å²) in [5, 5.41) is 7.24. The number of halogens is 2. The van der Waals surface area contributed by atoms with Crippen molar-refractivity contribution in [3.05, 3.63) is 64.8 Å². The number of hydrogen-bond donors (Lipinski definition) is 1. The number of carbonyl (C=O) groups is 1. The van der Waals surface area contributed by atoms with Gasteiger partial charge in [0.1, 0.15) is 5.82 Å². The summed E-state index contributed by atoms with van der Waals surface area (Å²) in [7, 11) is 1.35. The van der Waals surface area contributed by atoms with Gasteiger partial charge in [-0.2, -0.15) is 4.52 Å². The molecule has 2 heterocycles. The smallest absolute Gasteiger partial charge is 0.246 e. The largest absolute Gasteiger partial charge is 0.494 e. The van der Waals surface area contributed by atoms with E-state index in [2.05, 4.69) is 15.4 Å². The molecule has 0 spiro atoms. The number of carbonyl (C=O) groups excluding carboxylic acids is 1. The topological polar surface area (TPSA) is 81.7 Å². The molecule has 0 fully saturated rings. The summed E-state index contributed by atoms with van der Waals surface area (Å²) in [6.07, 6.45) is 1.38. The summed E-state index contributed by atoms with van der Waals surface area (Å²) >= 11 is 6.03. The minimum absolute atomic E-state index is 0.0368. The second kappa shape index (κ2) is 7.56. The number of amides is 1. The number of imidazole rings is 1. The van der Waals surface area contributed by atoms with Crippen molar-refractivity contribution in [3.63, 3.8) is 0 Å². The second-order valence-electron chi connectivity index (χ2n) is 6.31. The van der Waals surface area contributed by atoms with Crippen molar-refractivity contribution in [1.82, 2.24) is 14.6 Å². The molecule has 1 N–H and O–H groups in total. The normalized spacial score (nSPS) is 11.0. The average Bonchev–Trinajstić information content (AvgIpc) is 3.28. The molecule has 7 nitrogen and oxygen atoms in total. The first kappa shape index (κ1) is 18.9. The fourth-order valence-corrected chi connectivity index (χ4v) is 3.11. The van der Waals surface area contributed by atoms with E-state index in [0.717, 1.165) is 11.4 Å². The lowest BCUT2D eigenvalue weighted by Crippen LogP contribution is -2.15. The Morgan fingerprint density at radius 3 is 2.72 bits per heavy atom. The van der Waals surface area contributed by atoms with E-state index >= 15 is 0 Å². The molecule has 4 aromatic rings. The summed E-state index contributed by atoms with van der Waals surface area (Å²) in [6.45, 7) is 1.83. The Morgan fingerprint density at radius 1 is 1.28 bits per heavy atom. The van der Waals surface area contributed by atoms with Crippen molar-refractivity contribution in [2.45, 2.75) is 13.3 Å². The maximum absolute atomic E-state index is 14.3. The Kier molecular flexibility index (Phi) is 4.94. The molecule has 0 saturated heterocycles. The van der Waals surface area contributed by atoms with Crippen LogP contribution in [0.2, 0.25) is 5.02 Å². The lowest BCUT2D eigenvalue weighted by atomic mass is 10.1. The van der Waals surface area contributed by atoms with Crippen LogP contribution in [0, 0.1) is 12.7 Å². The Balaban J connectivity index is 1.48. The minimum Gasteiger partial charge on any atom is -0.494 e. The molecule has 9 heteroatoms. The number of fused-ring (bicyclic) bond motifs is 1. The lowest BCUT2D eigenvalue weighted by Gasteiger charge is -2.10. The summed E-state index contributed by atoms with van der Waals surface area (Å²) in [5.74, 6) is 0.153. The molecule has 29 heavy (non-hydrogen) atoms. The van der Waals surface area contributed by atoms with Gasteiger partial charge >= 0.3 is 0 Å². The van der Waals surface area contributed by atoms with Gasteiger partial charge in [-0.25, -0.2) is 9.37 Å². The Labute approximate surface area is 170 Å². The molecule has 0 atom stereocenters. The van der Waals surface area contributed by atoms with Crippen LogP contribution in [0.4, 0.5) is 10.1 Å². The number of rotatable bonds is 5. The van der Waals surface area contributed by atoms with Crippen LogP contribution in [-0.2, 0) is 11.2 Å². The first-order valence-electron chi connectivity index (χ1n) is 8.68. The van der Waals surface area contributed by atoms with E-state index in [-0.39, 0.29) is 22.8 Å². The van der Waals surface area contributed by atoms with E-state index in [1.807, 2.05) is 6.92 Å². The molecule has 0 radical (unpaired) electrons. The summed E-state index contributed by atoms with van der Waals surface area (Å²) in [5.41, 5.74) is 1.93. The van der Waals surface area contributed by atoms with E-state index in [9.17, 15) is 9.18 Å². The molecule has 0 aliphatic rings. The number of benzene rings is 2. The molecular weight excluding hydrogens is 399 g/mol. The third-order valence-electron chi connectivity index (χ3n) is 4.39. The summed E-state index contributed by atoms with van der Waals surface area (Å²) < 4.78 is 26.5. The standard InChI is InChI=1S/C20H16ClFN4O3/c1-11-23-10-18-26(11)25-20(29-18)12-3-5-13(6-4-12)24-17(27)9-14-15(21)7-8-16(28-2)19(14)22/h3-8,10H,9H2,1-2H3,(H,24,27). The first-order valence-corrected chi connectivity index (χ1v) is 9.06. The molecule has 0 saturated carbocycles. The van der Waals surface area contributed by atoms with Crippen molar-refractivity contribution >= 4 is 28.9 Å². The molecule has 0 bridgehead atoms. The van der Waals surface area contributed by atoms with Crippen LogP contribution in [0.25, 0.3) is 17.2 Å². The maximum Gasteiger partial charge on any atom is 0.246 e. The highest BCUT2D eigenvalue weighted by atomic mass is 35.5. The van der Waals surface area contributed by atoms with Crippen molar-refractivity contribution < 1.29 is 18.3 Å². The third kappa shape index (κ3) is 3.66. The number of ether oxygens (including phenoxy) is 1. The van der Waals surface area contributed by atoms with Gasteiger partial charge in [0.15, 0.2) is 11.6 Å². The fraction of sp³-hybridized carbons (Fsp3) is 0.150. The molecular formula is C20H16ClFN4O3. The quantitative estimate of drug-likeness (QED) is 0.527. The molecule has 0 aliphatic heterocycles. The number of aromatic nitrogens is 3. The number of nitrogens with one attached hydrogen (secondary N) is 1. The van der Waals surface area contributed by atoms with Crippen LogP contribution in [0.15, 0.2) is 47.0 Å². The predicted molar refractivity (Wildman–Crippen MR) is 106 cm³/mol. The number of methoxy groups -OCH3 is 1. The zero-order chi connectivity index (χ0) is 20.5. The van der Waals surface area contributed by atoms with Gasteiger partial charge in [-0.3, -0.25) is 4.79 Å². The second-order valence-corrected chi connectivity index (χ2v) is 6.71. The Morgan fingerprint density at radius 2 is 2.03 bits per heavy atom. The molecule has 0 unspecified atom stereocenters. The number of hydrogen-bond acceptors (Lipinski definition) is 5. The van der Waals surface area contributed by atoms with Gasteiger partial charge in [0.25, 0.3) is 0 Å². The maximum atomic E-state index is 14.3. The monoisotopic (exact) mass is 414 g/mol. The molecule has 148 valence electrons. The van der Waals surface area contributed by atoms with Crippen LogP contribution >= 0.6 is 11.6 Å². The van der Waals surface area contributed by atoms with E-state index in [1.165, 1.54) is 19.2 Å². The van der Waals surface area contributed by atoms with Crippen molar-refractivity contribution in [2.24, 2.45) is 0 Å². The van der Waals surface area contributed by atoms with Gasteiger partial charge in [-0.05, 0) is 43.3 Å². The third-order valence-corrected chi connectivity index (χ3v) is 4.75. The lowest BCUT2D eigenvalue weighted by molar-refractivity contribution is -0.115. The van der Waals surface area contributed by atoms with E-state index in [1.54, 1.807) is 35.0 Å². The fourth-order valence-electron chi connectivity index (χ4n) is 2.89. The average molecular weight is 415 g/mol. The van der Waals surface area contributed by atoms with Crippen LogP contribution in [0.1, 0.15) is 11.4 Å². The van der Waals surface area contributed by atoms with Crippen molar-refractivity contribution in [2.75, 3.05) is 12.4 Å². The summed E-state index contributed by atoms with van der Waals surface area (Å²) in [4.78, 5) is 16.5. The number of aryl methyl sites for hydroxylation is 1.